The zero-order chi connectivity index (χ0) is 23.1. The minimum atomic E-state index is -0.542. The highest BCUT2D eigenvalue weighted by Gasteiger charge is 2.12. The van der Waals surface area contributed by atoms with Crippen LogP contribution in [0.25, 0.3) is 0 Å². The first-order valence-electron chi connectivity index (χ1n) is 9.16. The van der Waals surface area contributed by atoms with Crippen LogP contribution in [0.4, 0.5) is 5.69 Å². The van der Waals surface area contributed by atoms with Gasteiger partial charge in [0.1, 0.15) is 0 Å². The first-order chi connectivity index (χ1) is 15.3. The summed E-state index contributed by atoms with van der Waals surface area (Å²) in [6.45, 7) is 0. The van der Waals surface area contributed by atoms with Gasteiger partial charge in [0.15, 0.2) is 5.11 Å². The number of hydrogen-bond donors (Lipinski definition) is 4. The molecule has 0 atom stereocenters. The molecule has 0 saturated heterocycles. The van der Waals surface area contributed by atoms with Gasteiger partial charge in [-0.2, -0.15) is 0 Å². The van der Waals surface area contributed by atoms with Crippen LogP contribution < -0.4 is 21.5 Å². The lowest BCUT2D eigenvalue weighted by atomic mass is 10.1. The maximum absolute atomic E-state index is 12.3. The van der Waals surface area contributed by atoms with Crippen molar-refractivity contribution in [2.24, 2.45) is 0 Å². The van der Waals surface area contributed by atoms with Crippen LogP contribution in [0.3, 0.4) is 0 Å². The zero-order valence-corrected chi connectivity index (χ0v) is 18.6. The third-order valence-corrected chi connectivity index (χ3v) is 4.72. The topological polar surface area (TPSA) is 99.3 Å². The number of amides is 3. The van der Waals surface area contributed by atoms with E-state index in [-0.39, 0.29) is 16.6 Å². The first-order valence-corrected chi connectivity index (χ1v) is 10.3. The molecule has 32 heavy (non-hydrogen) atoms. The van der Waals surface area contributed by atoms with E-state index in [4.69, 9.17) is 35.4 Å². The summed E-state index contributed by atoms with van der Waals surface area (Å²) in [5.74, 6) is -1.29. The Morgan fingerprint density at radius 1 is 0.656 bits per heavy atom. The van der Waals surface area contributed by atoms with Crippen LogP contribution in [0.2, 0.25) is 10.0 Å². The lowest BCUT2D eigenvalue weighted by Crippen LogP contribution is -2.48. The highest BCUT2D eigenvalue weighted by molar-refractivity contribution is 7.80. The van der Waals surface area contributed by atoms with Gasteiger partial charge in [-0.25, -0.2) is 0 Å². The molecule has 0 fully saturated rings. The number of thiocarbonyl (C=S) groups is 1. The molecular weight excluding hydrogens is 471 g/mol. The monoisotopic (exact) mass is 486 g/mol. The molecule has 10 heteroatoms. The van der Waals surface area contributed by atoms with Gasteiger partial charge in [-0.3, -0.25) is 30.6 Å². The zero-order valence-electron chi connectivity index (χ0n) is 16.3. The molecule has 0 aliphatic rings. The summed E-state index contributed by atoms with van der Waals surface area (Å²) >= 11 is 16.8. The highest BCUT2D eigenvalue weighted by atomic mass is 35.5. The molecular formula is C22H16Cl2N4O3S. The van der Waals surface area contributed by atoms with Crippen molar-refractivity contribution < 1.29 is 14.4 Å². The molecule has 0 heterocycles. The smallest absolute Gasteiger partial charge is 0.269 e. The van der Waals surface area contributed by atoms with E-state index < -0.39 is 11.8 Å². The number of nitrogens with one attached hydrogen (secondary N) is 4. The van der Waals surface area contributed by atoms with Crippen molar-refractivity contribution in [3.8, 4) is 0 Å². The number of carbonyl (C=O) groups is 3. The van der Waals surface area contributed by atoms with E-state index in [2.05, 4.69) is 21.5 Å². The Balaban J connectivity index is 1.50. The molecule has 0 radical (unpaired) electrons. The first kappa shape index (κ1) is 23.2. The molecule has 0 bridgehead atoms. The lowest BCUT2D eigenvalue weighted by Gasteiger charge is -2.11. The van der Waals surface area contributed by atoms with E-state index in [1.54, 1.807) is 36.4 Å². The molecule has 0 saturated carbocycles. The van der Waals surface area contributed by atoms with Crippen molar-refractivity contribution in [3.05, 3.63) is 99.5 Å². The SMILES string of the molecule is O=C(NNC(=S)NC(=O)c1cc(Cl)cc(Cl)c1)c1ccc(NC(=O)c2ccccc2)cc1. The number of hydrogen-bond acceptors (Lipinski definition) is 4. The average Bonchev–Trinajstić information content (AvgIpc) is 2.78. The van der Waals surface area contributed by atoms with Gasteiger partial charge in [-0.1, -0.05) is 41.4 Å². The number of hydrazine groups is 1. The molecule has 0 spiro atoms. The highest BCUT2D eigenvalue weighted by Crippen LogP contribution is 2.19. The van der Waals surface area contributed by atoms with Crippen molar-refractivity contribution in [1.82, 2.24) is 16.2 Å². The van der Waals surface area contributed by atoms with Crippen molar-refractivity contribution in [3.63, 3.8) is 0 Å². The van der Waals surface area contributed by atoms with Crippen LogP contribution in [-0.2, 0) is 0 Å². The van der Waals surface area contributed by atoms with Gasteiger partial charge in [0.25, 0.3) is 17.7 Å². The van der Waals surface area contributed by atoms with E-state index in [1.807, 2.05) is 6.07 Å². The second kappa shape index (κ2) is 10.7. The van der Waals surface area contributed by atoms with E-state index in [0.29, 0.717) is 26.9 Å². The maximum atomic E-state index is 12.3. The fourth-order valence-electron chi connectivity index (χ4n) is 2.57. The van der Waals surface area contributed by atoms with Crippen molar-refractivity contribution in [2.45, 2.75) is 0 Å². The van der Waals surface area contributed by atoms with Crippen LogP contribution in [-0.4, -0.2) is 22.8 Å². The van der Waals surface area contributed by atoms with Crippen LogP contribution in [0, 0.1) is 0 Å². The summed E-state index contributed by atoms with van der Waals surface area (Å²) < 4.78 is 0. The van der Waals surface area contributed by atoms with Gasteiger partial charge < -0.3 is 5.32 Å². The van der Waals surface area contributed by atoms with E-state index >= 15 is 0 Å². The van der Waals surface area contributed by atoms with Crippen molar-refractivity contribution >= 4 is 63.9 Å². The molecule has 0 aliphatic heterocycles. The van der Waals surface area contributed by atoms with Crippen LogP contribution in [0.5, 0.6) is 0 Å². The van der Waals surface area contributed by atoms with Gasteiger partial charge >= 0.3 is 0 Å². The largest absolute Gasteiger partial charge is 0.322 e. The Morgan fingerprint density at radius 2 is 1.25 bits per heavy atom. The fourth-order valence-corrected chi connectivity index (χ4v) is 3.24. The predicted molar refractivity (Wildman–Crippen MR) is 128 cm³/mol. The number of benzene rings is 3. The molecule has 0 aromatic heterocycles. The van der Waals surface area contributed by atoms with Gasteiger partial charge in [0, 0.05) is 32.4 Å². The molecule has 3 aromatic rings. The Labute approximate surface area is 199 Å². The van der Waals surface area contributed by atoms with Gasteiger partial charge in [-0.05, 0) is 66.8 Å². The fraction of sp³-hybridized carbons (Fsp3) is 0. The standard InChI is InChI=1S/C22H16Cl2N4O3S/c23-16-10-15(11-17(24)12-16)20(30)26-22(32)28-27-21(31)14-6-8-18(9-7-14)25-19(29)13-4-2-1-3-5-13/h1-12H,(H,25,29)(H,27,31)(H2,26,28,30,32). The maximum Gasteiger partial charge on any atom is 0.269 e. The summed E-state index contributed by atoms with van der Waals surface area (Å²) in [7, 11) is 0. The Bertz CT molecular complexity index is 1150. The van der Waals surface area contributed by atoms with Crippen LogP contribution in [0.15, 0.2) is 72.8 Å². The van der Waals surface area contributed by atoms with Crippen LogP contribution >= 0.6 is 35.4 Å². The summed E-state index contributed by atoms with van der Waals surface area (Å²) in [5, 5.41) is 5.64. The Kier molecular flexibility index (Phi) is 7.77. The van der Waals surface area contributed by atoms with Crippen molar-refractivity contribution in [2.75, 3.05) is 5.32 Å². The van der Waals surface area contributed by atoms with E-state index in [0.717, 1.165) is 0 Å². The minimum absolute atomic E-state index is 0.119. The second-order valence-electron chi connectivity index (χ2n) is 6.42. The average molecular weight is 487 g/mol. The molecule has 3 amide bonds. The normalized spacial score (nSPS) is 10.1. The summed E-state index contributed by atoms with van der Waals surface area (Å²) in [5.41, 5.74) is 6.40. The molecule has 4 N–H and O–H groups in total. The predicted octanol–water partition coefficient (Wildman–Crippen LogP) is 4.20. The number of anilines is 1. The van der Waals surface area contributed by atoms with Gasteiger partial charge in [0.2, 0.25) is 0 Å². The molecule has 3 rings (SSSR count). The van der Waals surface area contributed by atoms with E-state index in [1.165, 1.54) is 30.3 Å². The summed E-state index contributed by atoms with van der Waals surface area (Å²) in [4.78, 5) is 36.7. The minimum Gasteiger partial charge on any atom is -0.322 e. The molecule has 0 unspecified atom stereocenters. The quantitative estimate of drug-likeness (QED) is 0.327. The molecule has 0 aliphatic carbocycles. The molecule has 3 aromatic carbocycles. The number of halogens is 2. The second-order valence-corrected chi connectivity index (χ2v) is 7.70. The van der Waals surface area contributed by atoms with Gasteiger partial charge in [0.05, 0.1) is 0 Å². The van der Waals surface area contributed by atoms with Crippen molar-refractivity contribution in [1.29, 1.82) is 0 Å². The lowest BCUT2D eigenvalue weighted by molar-refractivity contribution is 0.0934. The third-order valence-electron chi connectivity index (χ3n) is 4.08. The number of rotatable bonds is 4. The molecule has 7 nitrogen and oxygen atoms in total. The van der Waals surface area contributed by atoms with Gasteiger partial charge in [-0.15, -0.1) is 0 Å². The molecule has 162 valence electrons. The Morgan fingerprint density at radius 3 is 1.88 bits per heavy atom. The summed E-state index contributed by atoms with van der Waals surface area (Å²) in [6.07, 6.45) is 0. The third kappa shape index (κ3) is 6.52. The summed E-state index contributed by atoms with van der Waals surface area (Å²) in [6, 6.07) is 19.4. The van der Waals surface area contributed by atoms with Crippen LogP contribution in [0.1, 0.15) is 31.1 Å². The number of carbonyl (C=O) groups excluding carboxylic acids is 3. The Hall–Kier alpha value is -3.46. The van der Waals surface area contributed by atoms with E-state index in [9.17, 15) is 14.4 Å².